The summed E-state index contributed by atoms with van der Waals surface area (Å²) < 4.78 is 11.2. The van der Waals surface area contributed by atoms with E-state index < -0.39 is 0 Å². The van der Waals surface area contributed by atoms with Crippen molar-refractivity contribution in [1.29, 1.82) is 0 Å². The monoisotopic (exact) mass is 309 g/mol. The highest BCUT2D eigenvalue weighted by atomic mass is 35.5. The largest absolute Gasteiger partial charge is 0.493 e. The lowest BCUT2D eigenvalue weighted by Crippen LogP contribution is -2.33. The minimum Gasteiger partial charge on any atom is -0.493 e. The maximum Gasteiger partial charge on any atom is 0.127 e. The van der Waals surface area contributed by atoms with Gasteiger partial charge in [0, 0.05) is 18.5 Å². The number of fused-ring (bicyclic) bond motifs is 1. The highest BCUT2D eigenvalue weighted by Gasteiger charge is 2.11. The molecule has 116 valence electrons. The van der Waals surface area contributed by atoms with Crippen LogP contribution in [-0.4, -0.2) is 45.4 Å². The van der Waals surface area contributed by atoms with Gasteiger partial charge in [-0.05, 0) is 32.0 Å². The Morgan fingerprint density at radius 2 is 1.76 bits per heavy atom. The predicted octanol–water partition coefficient (Wildman–Crippen LogP) is 3.61. The number of benzene rings is 2. The summed E-state index contributed by atoms with van der Waals surface area (Å²) in [5, 5.41) is 2.38. The normalized spacial score (nSPS) is 12.2. The van der Waals surface area contributed by atoms with Crippen molar-refractivity contribution < 1.29 is 9.47 Å². The van der Waals surface area contributed by atoms with Crippen molar-refractivity contribution in [1.82, 2.24) is 4.90 Å². The Morgan fingerprint density at radius 1 is 1.05 bits per heavy atom. The zero-order valence-corrected chi connectivity index (χ0v) is 13.7. The average molecular weight is 310 g/mol. The van der Waals surface area contributed by atoms with Crippen LogP contribution in [0, 0.1) is 0 Å². The first kappa shape index (κ1) is 17.8. The topological polar surface area (TPSA) is 21.7 Å². The van der Waals surface area contributed by atoms with Crippen LogP contribution in [-0.2, 0) is 4.74 Å². The molecule has 0 aromatic heterocycles. The first-order valence-electron chi connectivity index (χ1n) is 6.98. The fourth-order valence-electron chi connectivity index (χ4n) is 2.31. The Bertz CT molecular complexity index is 540. The zero-order valence-electron chi connectivity index (χ0n) is 12.9. The Hall–Kier alpha value is -1.29. The fourth-order valence-corrected chi connectivity index (χ4v) is 2.31. The summed E-state index contributed by atoms with van der Waals surface area (Å²) in [6.07, 6.45) is 0.948. The van der Waals surface area contributed by atoms with E-state index in [2.05, 4.69) is 37.2 Å². The van der Waals surface area contributed by atoms with Crippen LogP contribution in [0.5, 0.6) is 5.75 Å². The van der Waals surface area contributed by atoms with Gasteiger partial charge in [-0.25, -0.2) is 0 Å². The molecule has 0 aliphatic carbocycles. The van der Waals surface area contributed by atoms with Crippen LogP contribution in [0.25, 0.3) is 10.8 Å². The van der Waals surface area contributed by atoms with Crippen molar-refractivity contribution in [3.63, 3.8) is 0 Å². The number of halogens is 1. The van der Waals surface area contributed by atoms with E-state index in [0.717, 1.165) is 18.8 Å². The van der Waals surface area contributed by atoms with Crippen molar-refractivity contribution in [3.8, 4) is 5.75 Å². The van der Waals surface area contributed by atoms with Crippen molar-refractivity contribution >= 4 is 23.2 Å². The molecular weight excluding hydrogens is 286 g/mol. The van der Waals surface area contributed by atoms with Crippen LogP contribution in [0.1, 0.15) is 6.42 Å². The Labute approximate surface area is 133 Å². The van der Waals surface area contributed by atoms with E-state index in [0.29, 0.717) is 12.6 Å². The lowest BCUT2D eigenvalue weighted by Gasteiger charge is -2.23. The quantitative estimate of drug-likeness (QED) is 0.780. The fraction of sp³-hybridized carbons (Fsp3) is 0.412. The van der Waals surface area contributed by atoms with Gasteiger partial charge in [-0.1, -0.05) is 36.4 Å². The van der Waals surface area contributed by atoms with E-state index in [9.17, 15) is 0 Å². The van der Waals surface area contributed by atoms with Crippen molar-refractivity contribution in [2.24, 2.45) is 0 Å². The van der Waals surface area contributed by atoms with Gasteiger partial charge in [-0.2, -0.15) is 0 Å². The molecule has 2 aromatic carbocycles. The van der Waals surface area contributed by atoms with Crippen LogP contribution in [0.2, 0.25) is 0 Å². The lowest BCUT2D eigenvalue weighted by molar-refractivity contribution is 0.105. The third-order valence-electron chi connectivity index (χ3n) is 3.55. The molecule has 21 heavy (non-hydrogen) atoms. The summed E-state index contributed by atoms with van der Waals surface area (Å²) in [5.74, 6) is 0.957. The average Bonchev–Trinajstić information content (AvgIpc) is 2.46. The molecule has 0 amide bonds. The molecule has 0 aliphatic heterocycles. The molecule has 0 fully saturated rings. The number of ether oxygens (including phenoxy) is 2. The third-order valence-corrected chi connectivity index (χ3v) is 3.55. The molecule has 1 unspecified atom stereocenters. The van der Waals surface area contributed by atoms with E-state index >= 15 is 0 Å². The maximum absolute atomic E-state index is 5.96. The molecule has 0 radical (unpaired) electrons. The minimum atomic E-state index is 0. The van der Waals surface area contributed by atoms with Crippen molar-refractivity contribution in [2.45, 2.75) is 12.5 Å². The van der Waals surface area contributed by atoms with Crippen LogP contribution in [0.15, 0.2) is 42.5 Å². The Balaban J connectivity index is 0.00000220. The van der Waals surface area contributed by atoms with Crippen LogP contribution in [0.3, 0.4) is 0 Å². The summed E-state index contributed by atoms with van der Waals surface area (Å²) in [4.78, 5) is 2.18. The SMILES string of the molecule is COCC(CCOc1cccc2ccccc12)N(C)C.Cl. The summed E-state index contributed by atoms with van der Waals surface area (Å²) in [6.45, 7) is 1.42. The molecule has 1 atom stereocenters. The number of likely N-dealkylation sites (N-methyl/N-ethyl adjacent to an activating group) is 1. The molecule has 0 aliphatic rings. The van der Waals surface area contributed by atoms with E-state index in [-0.39, 0.29) is 12.4 Å². The molecule has 0 heterocycles. The second-order valence-electron chi connectivity index (χ2n) is 5.19. The molecule has 0 spiro atoms. The van der Waals surface area contributed by atoms with Gasteiger partial charge in [0.05, 0.1) is 13.2 Å². The molecular formula is C17H24ClNO2. The van der Waals surface area contributed by atoms with Gasteiger partial charge in [0.2, 0.25) is 0 Å². The van der Waals surface area contributed by atoms with Gasteiger partial charge in [0.25, 0.3) is 0 Å². The van der Waals surface area contributed by atoms with Gasteiger partial charge in [0.15, 0.2) is 0 Å². The molecule has 0 bridgehead atoms. The summed E-state index contributed by atoms with van der Waals surface area (Å²) >= 11 is 0. The van der Waals surface area contributed by atoms with Gasteiger partial charge >= 0.3 is 0 Å². The molecule has 3 nitrogen and oxygen atoms in total. The van der Waals surface area contributed by atoms with Crippen LogP contribution >= 0.6 is 12.4 Å². The van der Waals surface area contributed by atoms with Crippen molar-refractivity contribution in [3.05, 3.63) is 42.5 Å². The Kier molecular flexibility index (Phi) is 7.51. The third kappa shape index (κ3) is 4.88. The molecule has 0 saturated heterocycles. The highest BCUT2D eigenvalue weighted by molar-refractivity contribution is 5.88. The molecule has 2 aromatic rings. The van der Waals surface area contributed by atoms with Gasteiger partial charge < -0.3 is 14.4 Å². The van der Waals surface area contributed by atoms with Gasteiger partial charge in [0.1, 0.15) is 5.75 Å². The maximum atomic E-state index is 5.96. The van der Waals surface area contributed by atoms with E-state index in [1.165, 1.54) is 10.8 Å². The predicted molar refractivity (Wildman–Crippen MR) is 90.7 cm³/mol. The molecule has 0 saturated carbocycles. The number of nitrogens with zero attached hydrogens (tertiary/aromatic N) is 1. The van der Waals surface area contributed by atoms with E-state index in [4.69, 9.17) is 9.47 Å². The van der Waals surface area contributed by atoms with E-state index in [1.54, 1.807) is 7.11 Å². The molecule has 0 N–H and O–H groups in total. The summed E-state index contributed by atoms with van der Waals surface area (Å²) in [5.41, 5.74) is 0. The second kappa shape index (κ2) is 8.88. The van der Waals surface area contributed by atoms with Crippen molar-refractivity contribution in [2.75, 3.05) is 34.4 Å². The van der Waals surface area contributed by atoms with E-state index in [1.807, 2.05) is 24.3 Å². The first-order chi connectivity index (χ1) is 9.72. The van der Waals surface area contributed by atoms with Gasteiger partial charge in [-0.3, -0.25) is 0 Å². The van der Waals surface area contributed by atoms with Crippen LogP contribution in [0.4, 0.5) is 0 Å². The second-order valence-corrected chi connectivity index (χ2v) is 5.19. The standard InChI is InChI=1S/C17H23NO2.ClH/c1-18(2)15(13-19-3)11-12-20-17-10-6-8-14-7-4-5-9-16(14)17;/h4-10,15H,11-13H2,1-3H3;1H. The first-order valence-corrected chi connectivity index (χ1v) is 6.98. The smallest absolute Gasteiger partial charge is 0.127 e. The summed E-state index contributed by atoms with van der Waals surface area (Å²) in [6, 6.07) is 14.9. The minimum absolute atomic E-state index is 0. The molecule has 4 heteroatoms. The van der Waals surface area contributed by atoms with Gasteiger partial charge in [-0.15, -0.1) is 12.4 Å². The Morgan fingerprint density at radius 3 is 2.48 bits per heavy atom. The number of hydrogen-bond donors (Lipinski definition) is 0. The zero-order chi connectivity index (χ0) is 14.4. The lowest BCUT2D eigenvalue weighted by atomic mass is 10.1. The number of methoxy groups -OCH3 is 1. The van der Waals surface area contributed by atoms with Crippen LogP contribution < -0.4 is 4.74 Å². The summed E-state index contributed by atoms with van der Waals surface area (Å²) in [7, 11) is 5.88. The number of rotatable bonds is 7. The highest BCUT2D eigenvalue weighted by Crippen LogP contribution is 2.25. The number of hydrogen-bond acceptors (Lipinski definition) is 3. The molecule has 2 rings (SSSR count).